The van der Waals surface area contributed by atoms with Crippen molar-refractivity contribution in [3.8, 4) is 23.0 Å². The molecule has 0 bridgehead atoms. The zero-order chi connectivity index (χ0) is 19.6. The highest BCUT2D eigenvalue weighted by Gasteiger charge is 2.18. The van der Waals surface area contributed by atoms with E-state index in [1.54, 1.807) is 6.20 Å². The number of nitrogens with zero attached hydrogens (tertiary/aromatic N) is 4. The van der Waals surface area contributed by atoms with Gasteiger partial charge < -0.3 is 14.0 Å². The Hall–Kier alpha value is -3.03. The number of aromatic nitrogens is 4. The molecule has 0 saturated carbocycles. The Morgan fingerprint density at radius 1 is 1.14 bits per heavy atom. The fraction of sp³-hybridized carbons (Fsp3) is 0.318. The fourth-order valence-corrected chi connectivity index (χ4v) is 3.59. The zero-order valence-corrected chi connectivity index (χ0v) is 16.2. The SMILES string of the molecule is Cc1ccc2ncc(-c3noc(-c4ccccc4COC4CCOCC4)n3)n2c1. The molecule has 0 aliphatic carbocycles. The van der Waals surface area contributed by atoms with E-state index in [0.717, 1.165) is 54.1 Å². The molecule has 0 radical (unpaired) electrons. The van der Waals surface area contributed by atoms with Crippen LogP contribution in [0.5, 0.6) is 0 Å². The summed E-state index contributed by atoms with van der Waals surface area (Å²) >= 11 is 0. The molecule has 0 atom stereocenters. The monoisotopic (exact) mass is 390 g/mol. The second-order valence-corrected chi connectivity index (χ2v) is 7.28. The first kappa shape index (κ1) is 18.0. The van der Waals surface area contributed by atoms with E-state index in [4.69, 9.17) is 14.0 Å². The van der Waals surface area contributed by atoms with Gasteiger partial charge in [0.05, 0.1) is 18.9 Å². The molecular formula is C22H22N4O3. The summed E-state index contributed by atoms with van der Waals surface area (Å²) in [7, 11) is 0. The van der Waals surface area contributed by atoms with Gasteiger partial charge in [-0.05, 0) is 43.0 Å². The van der Waals surface area contributed by atoms with Gasteiger partial charge in [-0.1, -0.05) is 29.4 Å². The van der Waals surface area contributed by atoms with E-state index in [1.807, 2.05) is 53.9 Å². The molecule has 4 heterocycles. The lowest BCUT2D eigenvalue weighted by molar-refractivity contribution is -0.0389. The number of hydrogen-bond acceptors (Lipinski definition) is 6. The average Bonchev–Trinajstić information content (AvgIpc) is 3.40. The minimum Gasteiger partial charge on any atom is -0.381 e. The Labute approximate surface area is 168 Å². The summed E-state index contributed by atoms with van der Waals surface area (Å²) in [5, 5.41) is 4.20. The van der Waals surface area contributed by atoms with Crippen molar-refractivity contribution in [1.29, 1.82) is 0 Å². The molecule has 148 valence electrons. The van der Waals surface area contributed by atoms with Crippen LogP contribution in [0.15, 0.2) is 53.3 Å². The first-order valence-electron chi connectivity index (χ1n) is 9.83. The van der Waals surface area contributed by atoms with Crippen molar-refractivity contribution >= 4 is 5.65 Å². The maximum atomic E-state index is 6.10. The maximum Gasteiger partial charge on any atom is 0.258 e. The van der Waals surface area contributed by atoms with Gasteiger partial charge in [-0.3, -0.25) is 4.40 Å². The van der Waals surface area contributed by atoms with Crippen molar-refractivity contribution in [3.05, 3.63) is 59.9 Å². The zero-order valence-electron chi connectivity index (χ0n) is 16.2. The highest BCUT2D eigenvalue weighted by Crippen LogP contribution is 2.27. The minimum atomic E-state index is 0.233. The van der Waals surface area contributed by atoms with Crippen LogP contribution in [0.3, 0.4) is 0 Å². The first-order chi connectivity index (χ1) is 14.3. The Morgan fingerprint density at radius 3 is 2.90 bits per heavy atom. The quantitative estimate of drug-likeness (QED) is 0.512. The Bertz CT molecular complexity index is 1130. The highest BCUT2D eigenvalue weighted by atomic mass is 16.5. The number of pyridine rings is 1. The Morgan fingerprint density at radius 2 is 2.00 bits per heavy atom. The van der Waals surface area contributed by atoms with Crippen LogP contribution in [0.2, 0.25) is 0 Å². The summed E-state index contributed by atoms with van der Waals surface area (Å²) in [6.45, 7) is 4.07. The third kappa shape index (κ3) is 3.66. The third-order valence-corrected chi connectivity index (χ3v) is 5.20. The summed E-state index contributed by atoms with van der Waals surface area (Å²) in [4.78, 5) is 9.07. The number of imidazole rings is 1. The van der Waals surface area contributed by atoms with Crippen LogP contribution in [-0.4, -0.2) is 38.8 Å². The lowest BCUT2D eigenvalue weighted by Crippen LogP contribution is -2.23. The van der Waals surface area contributed by atoms with E-state index in [-0.39, 0.29) is 6.10 Å². The average molecular weight is 390 g/mol. The van der Waals surface area contributed by atoms with Crippen LogP contribution in [-0.2, 0) is 16.1 Å². The predicted octanol–water partition coefficient (Wildman–Crippen LogP) is 4.06. The molecule has 3 aromatic heterocycles. The van der Waals surface area contributed by atoms with E-state index in [1.165, 1.54) is 0 Å². The van der Waals surface area contributed by atoms with Gasteiger partial charge in [0.25, 0.3) is 5.89 Å². The molecule has 1 fully saturated rings. The largest absolute Gasteiger partial charge is 0.381 e. The molecule has 5 rings (SSSR count). The first-order valence-corrected chi connectivity index (χ1v) is 9.83. The van der Waals surface area contributed by atoms with E-state index in [2.05, 4.69) is 15.1 Å². The highest BCUT2D eigenvalue weighted by molar-refractivity contribution is 5.62. The number of benzene rings is 1. The number of aryl methyl sites for hydroxylation is 1. The van der Waals surface area contributed by atoms with Crippen molar-refractivity contribution in [2.75, 3.05) is 13.2 Å². The molecule has 1 aliphatic rings. The van der Waals surface area contributed by atoms with Gasteiger partial charge in [0, 0.05) is 25.0 Å². The summed E-state index contributed by atoms with van der Waals surface area (Å²) in [6.07, 6.45) is 5.88. The van der Waals surface area contributed by atoms with Crippen molar-refractivity contribution in [3.63, 3.8) is 0 Å². The lowest BCUT2D eigenvalue weighted by Gasteiger charge is -2.22. The fourth-order valence-electron chi connectivity index (χ4n) is 3.59. The van der Waals surface area contributed by atoms with Crippen molar-refractivity contribution < 1.29 is 14.0 Å². The molecule has 1 aromatic carbocycles. The standard InChI is InChI=1S/C22H22N4O3/c1-15-6-7-20-23-12-19(26(20)13-15)21-24-22(29-25-21)18-5-3-2-4-16(18)14-28-17-8-10-27-11-9-17/h2-7,12-13,17H,8-11,14H2,1H3. The van der Waals surface area contributed by atoms with Gasteiger partial charge in [-0.15, -0.1) is 0 Å². The van der Waals surface area contributed by atoms with Crippen LogP contribution in [0.1, 0.15) is 24.0 Å². The van der Waals surface area contributed by atoms with Crippen LogP contribution in [0.4, 0.5) is 0 Å². The predicted molar refractivity (Wildman–Crippen MR) is 107 cm³/mol. The number of hydrogen-bond donors (Lipinski definition) is 0. The molecule has 0 unspecified atom stereocenters. The molecule has 1 aliphatic heterocycles. The van der Waals surface area contributed by atoms with Crippen LogP contribution >= 0.6 is 0 Å². The van der Waals surface area contributed by atoms with E-state index < -0.39 is 0 Å². The van der Waals surface area contributed by atoms with E-state index in [9.17, 15) is 0 Å². The van der Waals surface area contributed by atoms with Crippen LogP contribution < -0.4 is 0 Å². The Kier molecular flexibility index (Phi) is 4.83. The van der Waals surface area contributed by atoms with E-state index in [0.29, 0.717) is 18.3 Å². The summed E-state index contributed by atoms with van der Waals surface area (Å²) in [6, 6.07) is 12.0. The van der Waals surface area contributed by atoms with Gasteiger partial charge in [-0.2, -0.15) is 4.98 Å². The van der Waals surface area contributed by atoms with Crippen molar-refractivity contribution in [2.45, 2.75) is 32.5 Å². The van der Waals surface area contributed by atoms with Gasteiger partial charge in [-0.25, -0.2) is 4.98 Å². The summed E-state index contributed by atoms with van der Waals surface area (Å²) < 4.78 is 19.1. The minimum absolute atomic E-state index is 0.233. The smallest absolute Gasteiger partial charge is 0.258 e. The molecule has 4 aromatic rings. The third-order valence-electron chi connectivity index (χ3n) is 5.20. The number of ether oxygens (including phenoxy) is 2. The van der Waals surface area contributed by atoms with Crippen LogP contribution in [0, 0.1) is 6.92 Å². The summed E-state index contributed by atoms with van der Waals surface area (Å²) in [5.74, 6) is 0.993. The summed E-state index contributed by atoms with van der Waals surface area (Å²) in [5.41, 5.74) is 4.71. The van der Waals surface area contributed by atoms with Crippen molar-refractivity contribution in [1.82, 2.24) is 19.5 Å². The van der Waals surface area contributed by atoms with Gasteiger partial charge in [0.15, 0.2) is 0 Å². The molecule has 1 saturated heterocycles. The lowest BCUT2D eigenvalue weighted by atomic mass is 10.1. The molecule has 0 spiro atoms. The molecule has 7 nitrogen and oxygen atoms in total. The number of rotatable bonds is 5. The second kappa shape index (κ2) is 7.77. The number of fused-ring (bicyclic) bond motifs is 1. The topological polar surface area (TPSA) is 74.7 Å². The maximum absolute atomic E-state index is 6.10. The molecule has 29 heavy (non-hydrogen) atoms. The molecule has 0 N–H and O–H groups in total. The molecule has 7 heteroatoms. The molecule has 0 amide bonds. The normalized spacial score (nSPS) is 15.2. The molecular weight excluding hydrogens is 368 g/mol. The van der Waals surface area contributed by atoms with Gasteiger partial charge in [0.2, 0.25) is 5.82 Å². The van der Waals surface area contributed by atoms with Gasteiger partial charge >= 0.3 is 0 Å². The van der Waals surface area contributed by atoms with Crippen LogP contribution in [0.25, 0.3) is 28.6 Å². The van der Waals surface area contributed by atoms with Crippen molar-refractivity contribution in [2.24, 2.45) is 0 Å². The second-order valence-electron chi connectivity index (χ2n) is 7.28. The van der Waals surface area contributed by atoms with Gasteiger partial charge in [0.1, 0.15) is 11.3 Å². The Balaban J connectivity index is 1.42. The van der Waals surface area contributed by atoms with E-state index >= 15 is 0 Å².